The van der Waals surface area contributed by atoms with Crippen LogP contribution >= 0.6 is 0 Å². The van der Waals surface area contributed by atoms with Gasteiger partial charge in [-0.2, -0.15) is 0 Å². The molecule has 3 rings (SSSR count). The van der Waals surface area contributed by atoms with Gasteiger partial charge < -0.3 is 18.8 Å². The van der Waals surface area contributed by atoms with E-state index in [9.17, 15) is 9.90 Å². The molecule has 1 aliphatic heterocycles. The molecule has 5 heteroatoms. The quantitative estimate of drug-likeness (QED) is 0.855. The van der Waals surface area contributed by atoms with Crippen molar-refractivity contribution < 1.29 is 23.6 Å². The van der Waals surface area contributed by atoms with Gasteiger partial charge in [-0.15, -0.1) is 0 Å². The van der Waals surface area contributed by atoms with E-state index >= 15 is 0 Å². The van der Waals surface area contributed by atoms with Crippen LogP contribution in [-0.4, -0.2) is 31.0 Å². The van der Waals surface area contributed by atoms with Crippen molar-refractivity contribution in [3.8, 4) is 0 Å². The van der Waals surface area contributed by atoms with E-state index in [1.807, 2.05) is 7.05 Å². The maximum atomic E-state index is 12.6. The Hall–Kier alpha value is -1.85. The molecule has 0 aromatic carbocycles. The van der Waals surface area contributed by atoms with E-state index in [-0.39, 0.29) is 12.2 Å². The number of likely N-dealkylation sites (tertiary alicyclic amines) is 1. The summed E-state index contributed by atoms with van der Waals surface area (Å²) in [6, 6.07) is 7.03. The Morgan fingerprint density at radius 1 is 1.38 bits per heavy atom. The fourth-order valence-electron chi connectivity index (χ4n) is 3.11. The normalized spacial score (nSPS) is 29.4. The Labute approximate surface area is 123 Å². The number of hydrogen-bond donors (Lipinski definition) is 2. The topological polar surface area (TPSA) is 68.0 Å². The number of hydrogen-bond acceptors (Lipinski definition) is 4. The number of furan rings is 2. The highest BCUT2D eigenvalue weighted by Crippen LogP contribution is 2.35. The Morgan fingerprint density at radius 2 is 2.14 bits per heavy atom. The number of quaternary nitrogens is 1. The molecule has 1 unspecified atom stereocenters. The lowest BCUT2D eigenvalue weighted by Gasteiger charge is -2.39. The first-order chi connectivity index (χ1) is 10.1. The average Bonchev–Trinajstić information content (AvgIpc) is 3.14. The van der Waals surface area contributed by atoms with E-state index in [0.717, 1.165) is 6.54 Å². The minimum absolute atomic E-state index is 0.0112. The van der Waals surface area contributed by atoms with Gasteiger partial charge in [0.25, 0.3) is 0 Å². The van der Waals surface area contributed by atoms with Gasteiger partial charge in [-0.25, -0.2) is 0 Å². The highest BCUT2D eigenvalue weighted by Gasteiger charge is 2.49. The van der Waals surface area contributed by atoms with Crippen LogP contribution in [0.5, 0.6) is 0 Å². The largest absolute Gasteiger partial charge is 0.469 e. The van der Waals surface area contributed by atoms with Crippen molar-refractivity contribution in [3.05, 3.63) is 48.3 Å². The summed E-state index contributed by atoms with van der Waals surface area (Å²) >= 11 is 0. The van der Waals surface area contributed by atoms with Crippen LogP contribution in [0, 0.1) is 5.92 Å². The van der Waals surface area contributed by atoms with E-state index in [0.29, 0.717) is 24.5 Å². The maximum Gasteiger partial charge on any atom is 0.152 e. The Morgan fingerprint density at radius 3 is 2.81 bits per heavy atom. The number of piperidine rings is 1. The SMILES string of the molecule is C[NH+]1CC[C@](O)(c2ccco2)[C@H](C(=O)Cc2ccco2)C1. The summed E-state index contributed by atoms with van der Waals surface area (Å²) in [4.78, 5) is 13.9. The molecule has 112 valence electrons. The maximum absolute atomic E-state index is 12.6. The van der Waals surface area contributed by atoms with Crippen LogP contribution in [-0.2, 0) is 16.8 Å². The second kappa shape index (κ2) is 5.50. The summed E-state index contributed by atoms with van der Waals surface area (Å²) in [5, 5.41) is 11.0. The minimum Gasteiger partial charge on any atom is -0.469 e. The second-order valence-corrected chi connectivity index (χ2v) is 5.84. The van der Waals surface area contributed by atoms with Crippen LogP contribution in [0.4, 0.5) is 0 Å². The third kappa shape index (κ3) is 2.66. The molecule has 0 saturated carbocycles. The van der Waals surface area contributed by atoms with Gasteiger partial charge in [0.2, 0.25) is 0 Å². The van der Waals surface area contributed by atoms with E-state index in [1.165, 1.54) is 11.2 Å². The summed E-state index contributed by atoms with van der Waals surface area (Å²) in [5.74, 6) is 0.614. The molecule has 0 bridgehead atoms. The predicted octanol–water partition coefficient (Wildman–Crippen LogP) is 0.407. The van der Waals surface area contributed by atoms with Gasteiger partial charge in [-0.05, 0) is 24.3 Å². The molecule has 5 nitrogen and oxygen atoms in total. The lowest BCUT2D eigenvalue weighted by atomic mass is 9.76. The molecule has 0 radical (unpaired) electrons. The Kier molecular flexibility index (Phi) is 3.69. The predicted molar refractivity (Wildman–Crippen MR) is 74.8 cm³/mol. The van der Waals surface area contributed by atoms with Crippen molar-refractivity contribution in [2.45, 2.75) is 18.4 Å². The first kappa shape index (κ1) is 14.1. The van der Waals surface area contributed by atoms with Crippen LogP contribution < -0.4 is 4.90 Å². The van der Waals surface area contributed by atoms with Crippen molar-refractivity contribution in [1.82, 2.24) is 0 Å². The van der Waals surface area contributed by atoms with Crippen molar-refractivity contribution in [2.75, 3.05) is 20.1 Å². The van der Waals surface area contributed by atoms with Gasteiger partial charge in [-0.3, -0.25) is 4.79 Å². The van der Waals surface area contributed by atoms with Gasteiger partial charge >= 0.3 is 0 Å². The third-order valence-corrected chi connectivity index (χ3v) is 4.33. The Bertz CT molecular complexity index is 590. The summed E-state index contributed by atoms with van der Waals surface area (Å²) < 4.78 is 10.6. The number of carbonyl (C=O) groups excluding carboxylic acids is 1. The molecule has 3 heterocycles. The zero-order valence-corrected chi connectivity index (χ0v) is 12.0. The molecular weight excluding hydrogens is 270 g/mol. The van der Waals surface area contributed by atoms with Gasteiger partial charge in [-0.1, -0.05) is 0 Å². The molecule has 21 heavy (non-hydrogen) atoms. The standard InChI is InChI=1S/C16H19NO4/c1-17-7-6-16(19,15-5-3-9-21-15)13(11-17)14(18)10-12-4-2-8-20-12/h2-5,8-9,13,19H,6-7,10-11H2,1H3/p+1/t13-,16+/m0/s1. The van der Waals surface area contributed by atoms with Crippen molar-refractivity contribution >= 4 is 5.78 Å². The van der Waals surface area contributed by atoms with E-state index in [4.69, 9.17) is 8.83 Å². The molecule has 1 fully saturated rings. The van der Waals surface area contributed by atoms with Crippen LogP contribution in [0.3, 0.4) is 0 Å². The van der Waals surface area contributed by atoms with Crippen molar-refractivity contribution in [3.63, 3.8) is 0 Å². The van der Waals surface area contributed by atoms with Crippen LogP contribution in [0.15, 0.2) is 45.6 Å². The lowest BCUT2D eigenvalue weighted by molar-refractivity contribution is -0.891. The summed E-state index contributed by atoms with van der Waals surface area (Å²) in [6.07, 6.45) is 3.81. The lowest BCUT2D eigenvalue weighted by Crippen LogP contribution is -3.12. The number of aliphatic hydroxyl groups is 1. The zero-order valence-electron chi connectivity index (χ0n) is 12.0. The van der Waals surface area contributed by atoms with Gasteiger partial charge in [0.1, 0.15) is 23.0 Å². The monoisotopic (exact) mass is 290 g/mol. The van der Waals surface area contributed by atoms with Crippen molar-refractivity contribution in [1.29, 1.82) is 0 Å². The first-order valence-corrected chi connectivity index (χ1v) is 7.22. The van der Waals surface area contributed by atoms with Gasteiger partial charge in [0.05, 0.1) is 39.1 Å². The molecule has 1 aliphatic rings. The number of rotatable bonds is 4. The smallest absolute Gasteiger partial charge is 0.152 e. The van der Waals surface area contributed by atoms with Gasteiger partial charge in [0, 0.05) is 6.42 Å². The summed E-state index contributed by atoms with van der Waals surface area (Å²) in [6.45, 7) is 1.40. The average molecular weight is 290 g/mol. The highest BCUT2D eigenvalue weighted by atomic mass is 16.4. The number of carbonyl (C=O) groups is 1. The van der Waals surface area contributed by atoms with Crippen LogP contribution in [0.2, 0.25) is 0 Å². The fraction of sp³-hybridized carbons (Fsp3) is 0.438. The second-order valence-electron chi connectivity index (χ2n) is 5.84. The van der Waals surface area contributed by atoms with E-state index in [2.05, 4.69) is 0 Å². The summed E-state index contributed by atoms with van der Waals surface area (Å²) in [7, 11) is 2.04. The molecule has 1 saturated heterocycles. The number of Topliss-reactive ketones (excluding diaryl/α,β-unsaturated/α-hetero) is 1. The molecule has 2 N–H and O–H groups in total. The van der Waals surface area contributed by atoms with Gasteiger partial charge in [0.15, 0.2) is 5.78 Å². The van der Waals surface area contributed by atoms with E-state index in [1.54, 1.807) is 30.5 Å². The number of ketones is 1. The summed E-state index contributed by atoms with van der Waals surface area (Å²) in [5.41, 5.74) is -1.22. The van der Waals surface area contributed by atoms with Crippen molar-refractivity contribution in [2.24, 2.45) is 5.92 Å². The van der Waals surface area contributed by atoms with Crippen LogP contribution in [0.25, 0.3) is 0 Å². The van der Waals surface area contributed by atoms with Crippen LogP contribution in [0.1, 0.15) is 17.9 Å². The fourth-order valence-corrected chi connectivity index (χ4v) is 3.11. The molecule has 2 aromatic rings. The Balaban J connectivity index is 1.86. The minimum atomic E-state index is -1.22. The molecular formula is C16H20NO4+. The first-order valence-electron chi connectivity index (χ1n) is 7.22. The molecule has 0 amide bonds. The molecule has 3 atom stereocenters. The number of nitrogens with one attached hydrogen (secondary N) is 1. The molecule has 0 aliphatic carbocycles. The third-order valence-electron chi connectivity index (χ3n) is 4.33. The zero-order chi connectivity index (χ0) is 14.9. The molecule has 0 spiro atoms. The highest BCUT2D eigenvalue weighted by molar-refractivity contribution is 5.84. The van der Waals surface area contributed by atoms with E-state index < -0.39 is 11.5 Å². The molecule has 2 aromatic heterocycles.